The van der Waals surface area contributed by atoms with Gasteiger partial charge in [0.2, 0.25) is 0 Å². The number of aromatic nitrogens is 4. The lowest BCUT2D eigenvalue weighted by Gasteiger charge is -2.33. The second kappa shape index (κ2) is 10.7. The van der Waals surface area contributed by atoms with E-state index in [1.54, 1.807) is 33.9 Å². The molecule has 0 radical (unpaired) electrons. The monoisotopic (exact) mass is 509 g/mol. The summed E-state index contributed by atoms with van der Waals surface area (Å²) in [7, 11) is -3.37. The minimum Gasteiger partial charge on any atom is -0.364 e. The van der Waals surface area contributed by atoms with Crippen LogP contribution in [0.4, 0.5) is 14.6 Å². The average molecular weight is 510 g/mol. The van der Waals surface area contributed by atoms with Crippen molar-refractivity contribution >= 4 is 24.4 Å². The summed E-state index contributed by atoms with van der Waals surface area (Å²) in [6.07, 6.45) is 3.81. The van der Waals surface area contributed by atoms with E-state index >= 15 is 0 Å². The molecule has 3 heterocycles. The number of halogens is 2. The van der Waals surface area contributed by atoms with Crippen molar-refractivity contribution in [1.82, 2.24) is 19.9 Å². The maximum Gasteiger partial charge on any atom is 0.331 e. The van der Waals surface area contributed by atoms with Crippen molar-refractivity contribution in [2.24, 2.45) is 5.41 Å². The van der Waals surface area contributed by atoms with Gasteiger partial charge in [-0.15, -0.1) is 0 Å². The smallest absolute Gasteiger partial charge is 0.331 e. The molecule has 192 valence electrons. The first kappa shape index (κ1) is 27.2. The number of nitrogens with one attached hydrogen (secondary N) is 2. The molecule has 3 aromatic rings. The van der Waals surface area contributed by atoms with Crippen LogP contribution in [0.3, 0.4) is 0 Å². The van der Waals surface area contributed by atoms with Gasteiger partial charge in [0.25, 0.3) is 0 Å². The Hall–Kier alpha value is -2.42. The van der Waals surface area contributed by atoms with Crippen molar-refractivity contribution in [2.75, 3.05) is 11.5 Å². The average Bonchev–Trinajstić information content (AvgIpc) is 3.13. The molecule has 0 aromatic carbocycles. The molecule has 2 N–H and O–H groups in total. The Balaban J connectivity index is 1.88. The zero-order valence-electron chi connectivity index (χ0n) is 21.2. The van der Waals surface area contributed by atoms with E-state index in [0.29, 0.717) is 23.0 Å². The largest absolute Gasteiger partial charge is 0.364 e. The Labute approximate surface area is 204 Å². The van der Waals surface area contributed by atoms with E-state index in [0.717, 1.165) is 12.4 Å². The number of rotatable bonds is 10. The highest BCUT2D eigenvalue weighted by Gasteiger charge is 2.33. The first-order chi connectivity index (χ1) is 16.3. The molecule has 1 unspecified atom stereocenters. The number of aromatic amines is 1. The summed E-state index contributed by atoms with van der Waals surface area (Å²) in [6.45, 7) is 13.2. The molecule has 0 fully saturated rings. The van der Waals surface area contributed by atoms with Crippen LogP contribution in [0.25, 0.3) is 22.4 Å². The number of hydrogen-bond acceptors (Lipinski definition) is 7. The van der Waals surface area contributed by atoms with E-state index in [4.69, 9.17) is 9.05 Å². The standard InChI is InChI=1S/C24H34F2N5O3P/c1-14(2)33-35(32,34-15(3)4)9-8-20(24(5,6)7)30-23-19(26)13-29-22(31-23)18-12-28-21-17(18)10-16(25)11-27-21/h10-15,20H,8-9H2,1-7H3,(H,27,28)(H,29,30,31). The van der Waals surface area contributed by atoms with Crippen molar-refractivity contribution in [3.8, 4) is 11.4 Å². The maximum absolute atomic E-state index is 14.8. The molecule has 0 bridgehead atoms. The summed E-state index contributed by atoms with van der Waals surface area (Å²) in [5, 5.41) is 3.66. The van der Waals surface area contributed by atoms with Gasteiger partial charge in [-0.3, -0.25) is 4.57 Å². The van der Waals surface area contributed by atoms with Crippen LogP contribution < -0.4 is 5.32 Å². The third kappa shape index (κ3) is 7.06. The SMILES string of the molecule is CC(C)OP(=O)(CCC(Nc1nc(-c2c[nH]c3ncc(F)cc23)ncc1F)C(C)(C)C)OC(C)C. The van der Waals surface area contributed by atoms with Crippen LogP contribution in [0, 0.1) is 17.0 Å². The minimum atomic E-state index is -3.37. The van der Waals surface area contributed by atoms with Crippen LogP contribution in [0.2, 0.25) is 0 Å². The molecule has 0 aliphatic rings. The highest BCUT2D eigenvalue weighted by atomic mass is 31.2. The molecule has 1 atom stereocenters. The Morgan fingerprint density at radius 1 is 1.09 bits per heavy atom. The quantitative estimate of drug-likeness (QED) is 0.299. The van der Waals surface area contributed by atoms with Crippen LogP contribution in [0.1, 0.15) is 54.9 Å². The van der Waals surface area contributed by atoms with Gasteiger partial charge in [0.1, 0.15) is 11.5 Å². The molecule has 0 saturated heterocycles. The molecular formula is C24H34F2N5O3P. The fourth-order valence-electron chi connectivity index (χ4n) is 3.71. The van der Waals surface area contributed by atoms with Crippen molar-refractivity contribution in [1.29, 1.82) is 0 Å². The lowest BCUT2D eigenvalue weighted by molar-refractivity contribution is 0.141. The predicted octanol–water partition coefficient (Wildman–Crippen LogP) is 6.56. The third-order valence-electron chi connectivity index (χ3n) is 5.27. The van der Waals surface area contributed by atoms with Gasteiger partial charge >= 0.3 is 7.60 Å². The fourth-order valence-corrected chi connectivity index (χ4v) is 5.83. The summed E-state index contributed by atoms with van der Waals surface area (Å²) in [4.78, 5) is 15.5. The second-order valence-electron chi connectivity index (χ2n) is 10.1. The zero-order valence-corrected chi connectivity index (χ0v) is 22.1. The predicted molar refractivity (Wildman–Crippen MR) is 133 cm³/mol. The van der Waals surface area contributed by atoms with Gasteiger partial charge in [0.05, 0.1) is 30.8 Å². The van der Waals surface area contributed by atoms with E-state index in [1.807, 2.05) is 20.8 Å². The van der Waals surface area contributed by atoms with E-state index < -0.39 is 19.2 Å². The van der Waals surface area contributed by atoms with Crippen molar-refractivity contribution in [3.63, 3.8) is 0 Å². The topological polar surface area (TPSA) is 102 Å². The van der Waals surface area contributed by atoms with Gasteiger partial charge in [-0.05, 0) is 45.6 Å². The summed E-state index contributed by atoms with van der Waals surface area (Å²) in [5.41, 5.74) is 0.635. The van der Waals surface area contributed by atoms with Gasteiger partial charge in [0.15, 0.2) is 17.5 Å². The molecule has 0 saturated carbocycles. The number of hydrogen-bond donors (Lipinski definition) is 2. The van der Waals surface area contributed by atoms with Crippen LogP contribution in [-0.2, 0) is 13.6 Å². The van der Waals surface area contributed by atoms with Crippen molar-refractivity contribution in [3.05, 3.63) is 36.3 Å². The molecule has 0 aliphatic heterocycles. The lowest BCUT2D eigenvalue weighted by Crippen LogP contribution is -2.35. The van der Waals surface area contributed by atoms with E-state index in [9.17, 15) is 13.3 Å². The minimum absolute atomic E-state index is 0.00183. The van der Waals surface area contributed by atoms with E-state index in [2.05, 4.69) is 25.3 Å². The first-order valence-electron chi connectivity index (χ1n) is 11.7. The summed E-state index contributed by atoms with van der Waals surface area (Å²) < 4.78 is 53.2. The van der Waals surface area contributed by atoms with Gasteiger partial charge in [-0.25, -0.2) is 23.7 Å². The molecule has 35 heavy (non-hydrogen) atoms. The number of H-pyrrole nitrogens is 1. The molecule has 11 heteroatoms. The van der Waals surface area contributed by atoms with Crippen LogP contribution in [0.15, 0.2) is 24.7 Å². The zero-order chi connectivity index (χ0) is 26.0. The van der Waals surface area contributed by atoms with Crippen LogP contribution in [0.5, 0.6) is 0 Å². The number of anilines is 1. The van der Waals surface area contributed by atoms with Gasteiger partial charge in [-0.2, -0.15) is 0 Å². The molecule has 0 aliphatic carbocycles. The third-order valence-corrected chi connectivity index (χ3v) is 7.57. The normalized spacial score (nSPS) is 13.7. The Bertz CT molecular complexity index is 1200. The highest BCUT2D eigenvalue weighted by Crippen LogP contribution is 2.51. The second-order valence-corrected chi connectivity index (χ2v) is 12.2. The molecule has 0 spiro atoms. The number of fused-ring (bicyclic) bond motifs is 1. The van der Waals surface area contributed by atoms with Crippen LogP contribution >= 0.6 is 7.60 Å². The maximum atomic E-state index is 14.8. The van der Waals surface area contributed by atoms with Crippen molar-refractivity contribution in [2.45, 2.75) is 73.1 Å². The molecule has 3 rings (SSSR count). The molecule has 8 nitrogen and oxygen atoms in total. The molecular weight excluding hydrogens is 475 g/mol. The molecule has 0 amide bonds. The number of pyridine rings is 1. The van der Waals surface area contributed by atoms with Gasteiger partial charge < -0.3 is 19.3 Å². The Kier molecular flexibility index (Phi) is 8.29. The number of nitrogens with zero attached hydrogens (tertiary/aromatic N) is 3. The Morgan fingerprint density at radius 2 is 1.74 bits per heavy atom. The van der Waals surface area contributed by atoms with Crippen molar-refractivity contribution < 1.29 is 22.4 Å². The molecule has 3 aromatic heterocycles. The van der Waals surface area contributed by atoms with Gasteiger partial charge in [-0.1, -0.05) is 20.8 Å². The van der Waals surface area contributed by atoms with Gasteiger partial charge in [0, 0.05) is 23.2 Å². The highest BCUT2D eigenvalue weighted by molar-refractivity contribution is 7.53. The lowest BCUT2D eigenvalue weighted by atomic mass is 9.85. The summed E-state index contributed by atoms with van der Waals surface area (Å²) in [6, 6.07) is 1.01. The van der Waals surface area contributed by atoms with E-state index in [-0.39, 0.29) is 41.5 Å². The van der Waals surface area contributed by atoms with E-state index in [1.165, 1.54) is 6.07 Å². The Morgan fingerprint density at radius 3 is 2.34 bits per heavy atom. The summed E-state index contributed by atoms with van der Waals surface area (Å²) in [5.74, 6) is -0.911. The fraction of sp³-hybridized carbons (Fsp3) is 0.542. The van der Waals surface area contributed by atoms with Crippen LogP contribution in [-0.4, -0.2) is 44.3 Å². The summed E-state index contributed by atoms with van der Waals surface area (Å²) >= 11 is 0. The first-order valence-corrected chi connectivity index (χ1v) is 13.4.